The number of sulfonamides is 1. The summed E-state index contributed by atoms with van der Waals surface area (Å²) in [6.45, 7) is 5.28. The van der Waals surface area contributed by atoms with E-state index in [1.54, 1.807) is 28.6 Å². The molecule has 3 aromatic rings. The number of rotatable bonds is 6. The quantitative estimate of drug-likeness (QED) is 0.508. The number of amides is 1. The van der Waals surface area contributed by atoms with E-state index in [0.29, 0.717) is 29.6 Å². The minimum Gasteiger partial charge on any atom is -0.321 e. The van der Waals surface area contributed by atoms with Crippen molar-refractivity contribution < 1.29 is 13.2 Å². The predicted octanol–water partition coefficient (Wildman–Crippen LogP) is 5.65. The topological polar surface area (TPSA) is 66.5 Å². The van der Waals surface area contributed by atoms with Gasteiger partial charge in [-0.05, 0) is 66.6 Å². The zero-order valence-corrected chi connectivity index (χ0v) is 20.0. The molecule has 2 heterocycles. The van der Waals surface area contributed by atoms with Crippen LogP contribution in [-0.2, 0) is 16.4 Å². The Balaban J connectivity index is 1.49. The predicted molar refractivity (Wildman–Crippen MR) is 131 cm³/mol. The Morgan fingerprint density at radius 1 is 1.12 bits per heavy atom. The molecule has 7 heteroatoms. The van der Waals surface area contributed by atoms with E-state index in [0.717, 1.165) is 35.3 Å². The largest absolute Gasteiger partial charge is 0.321 e. The first-order valence-corrected chi connectivity index (χ1v) is 13.2. The summed E-state index contributed by atoms with van der Waals surface area (Å²) in [4.78, 5) is 14.9. The minimum absolute atomic E-state index is 0.188. The van der Waals surface area contributed by atoms with Crippen molar-refractivity contribution in [3.63, 3.8) is 0 Å². The molecule has 0 aliphatic carbocycles. The molecule has 0 unspecified atom stereocenters. The van der Waals surface area contributed by atoms with Gasteiger partial charge in [0.2, 0.25) is 10.0 Å². The monoisotopic (exact) mass is 468 g/mol. The molecule has 1 aliphatic heterocycles. The van der Waals surface area contributed by atoms with Crippen molar-refractivity contribution in [1.29, 1.82) is 0 Å². The second kappa shape index (κ2) is 9.57. The minimum atomic E-state index is -3.51. The van der Waals surface area contributed by atoms with Gasteiger partial charge in [-0.1, -0.05) is 44.2 Å². The van der Waals surface area contributed by atoms with E-state index < -0.39 is 10.0 Å². The van der Waals surface area contributed by atoms with Crippen LogP contribution >= 0.6 is 11.3 Å². The van der Waals surface area contributed by atoms with E-state index >= 15 is 0 Å². The molecule has 0 spiro atoms. The maximum Gasteiger partial charge on any atom is 0.265 e. The average Bonchev–Trinajstić information content (AvgIpc) is 3.25. The van der Waals surface area contributed by atoms with Crippen molar-refractivity contribution in [3.05, 3.63) is 71.1 Å². The van der Waals surface area contributed by atoms with Crippen molar-refractivity contribution in [1.82, 2.24) is 4.31 Å². The van der Waals surface area contributed by atoms with Crippen LogP contribution < -0.4 is 5.32 Å². The number of thiophene rings is 1. The van der Waals surface area contributed by atoms with Gasteiger partial charge in [-0.3, -0.25) is 4.79 Å². The van der Waals surface area contributed by atoms with Crippen molar-refractivity contribution in [2.24, 2.45) is 5.92 Å². The Labute approximate surface area is 194 Å². The van der Waals surface area contributed by atoms with Crippen molar-refractivity contribution >= 4 is 33.0 Å². The third kappa shape index (κ3) is 4.80. The number of carbonyl (C=O) groups excluding carboxylic acids is 1. The van der Waals surface area contributed by atoms with Crippen LogP contribution in [0.4, 0.5) is 5.69 Å². The van der Waals surface area contributed by atoms with Gasteiger partial charge < -0.3 is 5.32 Å². The fraction of sp³-hybridized carbons (Fsp3) is 0.320. The number of piperidine rings is 1. The van der Waals surface area contributed by atoms with Crippen LogP contribution in [0, 0.1) is 5.92 Å². The summed E-state index contributed by atoms with van der Waals surface area (Å²) in [5.41, 5.74) is 2.83. The summed E-state index contributed by atoms with van der Waals surface area (Å²) in [6.07, 6.45) is 2.79. The summed E-state index contributed by atoms with van der Waals surface area (Å²) in [6, 6.07) is 18.5. The molecule has 1 atom stereocenters. The highest BCUT2D eigenvalue weighted by molar-refractivity contribution is 7.89. The second-order valence-electron chi connectivity index (χ2n) is 8.27. The number of carbonyl (C=O) groups is 1. The molecule has 0 radical (unpaired) electrons. The third-order valence-electron chi connectivity index (χ3n) is 5.82. The van der Waals surface area contributed by atoms with Crippen LogP contribution in [0.5, 0.6) is 0 Å². The molecule has 168 valence electrons. The molecule has 1 N–H and O–H groups in total. The van der Waals surface area contributed by atoms with E-state index in [2.05, 4.69) is 31.3 Å². The Hall–Kier alpha value is -2.48. The molecular formula is C25H28N2O3S2. The fourth-order valence-electron chi connectivity index (χ4n) is 4.05. The normalized spacial score (nSPS) is 17.2. The molecule has 5 nitrogen and oxygen atoms in total. The van der Waals surface area contributed by atoms with Gasteiger partial charge in [-0.15, -0.1) is 11.3 Å². The maximum absolute atomic E-state index is 12.9. The van der Waals surface area contributed by atoms with Gasteiger partial charge in [0.15, 0.2) is 0 Å². The van der Waals surface area contributed by atoms with E-state index in [4.69, 9.17) is 0 Å². The Morgan fingerprint density at radius 2 is 1.84 bits per heavy atom. The SMILES string of the molecule is CCc1cc(C(=O)Nc2ccc(S(=O)(=O)N3CCC[C@H](C)C3)cc2)sc1-c1ccccc1. The molecule has 1 aliphatic rings. The van der Waals surface area contributed by atoms with Gasteiger partial charge in [0.1, 0.15) is 0 Å². The highest BCUT2D eigenvalue weighted by Gasteiger charge is 2.28. The molecule has 1 saturated heterocycles. The molecule has 1 aromatic heterocycles. The number of hydrogen-bond acceptors (Lipinski definition) is 4. The molecule has 1 fully saturated rings. The standard InChI is InChI=1S/C25H28N2O3S2/c1-3-19-16-23(31-24(19)20-9-5-4-6-10-20)25(28)26-21-11-13-22(14-12-21)32(29,30)27-15-7-8-18(2)17-27/h4-6,9-14,16,18H,3,7-8,15,17H2,1-2H3,(H,26,28)/t18-/m0/s1. The van der Waals surface area contributed by atoms with E-state index in [9.17, 15) is 13.2 Å². The summed E-state index contributed by atoms with van der Waals surface area (Å²) in [5, 5.41) is 2.90. The van der Waals surface area contributed by atoms with Crippen molar-refractivity contribution in [2.75, 3.05) is 18.4 Å². The molecule has 1 amide bonds. The molecule has 4 rings (SSSR count). The number of nitrogens with zero attached hydrogens (tertiary/aromatic N) is 1. The van der Waals surface area contributed by atoms with Gasteiger partial charge in [0.25, 0.3) is 5.91 Å². The Bertz CT molecular complexity index is 1190. The molecule has 0 bridgehead atoms. The van der Waals surface area contributed by atoms with Gasteiger partial charge >= 0.3 is 0 Å². The van der Waals surface area contributed by atoms with Crippen molar-refractivity contribution in [3.8, 4) is 10.4 Å². The Morgan fingerprint density at radius 3 is 2.50 bits per heavy atom. The van der Waals surface area contributed by atoms with Crippen LogP contribution in [0.3, 0.4) is 0 Å². The van der Waals surface area contributed by atoms with Gasteiger partial charge in [0, 0.05) is 23.7 Å². The average molecular weight is 469 g/mol. The zero-order valence-electron chi connectivity index (χ0n) is 18.4. The van der Waals surface area contributed by atoms with Crippen molar-refractivity contribution in [2.45, 2.75) is 38.0 Å². The summed E-state index contributed by atoms with van der Waals surface area (Å²) >= 11 is 1.48. The summed E-state index contributed by atoms with van der Waals surface area (Å²) in [7, 11) is -3.51. The zero-order chi connectivity index (χ0) is 22.7. The lowest BCUT2D eigenvalue weighted by Gasteiger charge is -2.30. The lowest BCUT2D eigenvalue weighted by atomic mass is 10.0. The van der Waals surface area contributed by atoms with Crippen LogP contribution in [0.25, 0.3) is 10.4 Å². The lowest BCUT2D eigenvalue weighted by molar-refractivity contribution is 0.103. The van der Waals surface area contributed by atoms with Crippen LogP contribution in [0.1, 0.15) is 41.9 Å². The number of nitrogens with one attached hydrogen (secondary N) is 1. The van der Waals surface area contributed by atoms with E-state index in [-0.39, 0.29) is 10.8 Å². The third-order valence-corrected chi connectivity index (χ3v) is 8.92. The number of benzene rings is 2. The van der Waals surface area contributed by atoms with E-state index in [1.165, 1.54) is 11.3 Å². The fourth-order valence-corrected chi connectivity index (χ4v) is 6.81. The Kier molecular flexibility index (Phi) is 6.79. The first kappa shape index (κ1) is 22.7. The molecule has 2 aromatic carbocycles. The summed E-state index contributed by atoms with van der Waals surface area (Å²) < 4.78 is 27.4. The lowest BCUT2D eigenvalue weighted by Crippen LogP contribution is -2.39. The molecular weight excluding hydrogens is 440 g/mol. The van der Waals surface area contributed by atoms with Gasteiger partial charge in [-0.25, -0.2) is 8.42 Å². The molecule has 32 heavy (non-hydrogen) atoms. The van der Waals surface area contributed by atoms with E-state index in [1.807, 2.05) is 24.3 Å². The highest BCUT2D eigenvalue weighted by Crippen LogP contribution is 2.33. The highest BCUT2D eigenvalue weighted by atomic mass is 32.2. The van der Waals surface area contributed by atoms with Gasteiger partial charge in [-0.2, -0.15) is 4.31 Å². The number of anilines is 1. The van der Waals surface area contributed by atoms with Crippen LogP contribution in [-0.4, -0.2) is 31.7 Å². The number of hydrogen-bond donors (Lipinski definition) is 1. The molecule has 0 saturated carbocycles. The van der Waals surface area contributed by atoms with Crippen LogP contribution in [0.15, 0.2) is 65.6 Å². The first-order chi connectivity index (χ1) is 15.4. The van der Waals surface area contributed by atoms with Crippen LogP contribution in [0.2, 0.25) is 0 Å². The maximum atomic E-state index is 12.9. The summed E-state index contributed by atoms with van der Waals surface area (Å²) in [5.74, 6) is 0.184. The smallest absolute Gasteiger partial charge is 0.265 e. The first-order valence-electron chi connectivity index (χ1n) is 11.0. The second-order valence-corrected chi connectivity index (χ2v) is 11.3. The number of aryl methyl sites for hydroxylation is 1. The van der Waals surface area contributed by atoms with Gasteiger partial charge in [0.05, 0.1) is 9.77 Å².